The quantitative estimate of drug-likeness (QED) is 0.929. The number of carboxylic acids is 1. The molecule has 1 aliphatic heterocycles. The second kappa shape index (κ2) is 5.68. The van der Waals surface area contributed by atoms with Crippen molar-refractivity contribution in [1.29, 1.82) is 0 Å². The summed E-state index contributed by atoms with van der Waals surface area (Å²) in [5.74, 6) is 0.0247. The highest BCUT2D eigenvalue weighted by molar-refractivity contribution is 5.71. The molecule has 1 saturated heterocycles. The maximum Gasteiger partial charge on any atom is 0.308 e. The first-order valence-electron chi connectivity index (χ1n) is 7.77. The Bertz CT molecular complexity index is 543. The summed E-state index contributed by atoms with van der Waals surface area (Å²) >= 11 is 0. The van der Waals surface area contributed by atoms with Crippen molar-refractivity contribution in [3.8, 4) is 5.75 Å². The van der Waals surface area contributed by atoms with Crippen molar-refractivity contribution >= 4 is 5.97 Å². The molecule has 2 aliphatic rings. The zero-order valence-corrected chi connectivity index (χ0v) is 12.7. The van der Waals surface area contributed by atoms with Crippen molar-refractivity contribution in [2.45, 2.75) is 44.7 Å². The number of rotatable bonds is 3. The highest BCUT2D eigenvalue weighted by Gasteiger charge is 2.40. The second-order valence-electron chi connectivity index (χ2n) is 6.18. The highest BCUT2D eigenvalue weighted by atomic mass is 16.5. The van der Waals surface area contributed by atoms with E-state index in [1.165, 1.54) is 11.1 Å². The van der Waals surface area contributed by atoms with E-state index in [1.54, 1.807) is 7.11 Å². The van der Waals surface area contributed by atoms with Gasteiger partial charge in [0.15, 0.2) is 0 Å². The fourth-order valence-corrected chi connectivity index (χ4v) is 3.97. The predicted molar refractivity (Wildman–Crippen MR) is 80.6 cm³/mol. The summed E-state index contributed by atoms with van der Waals surface area (Å²) in [7, 11) is 1.70. The Morgan fingerprint density at radius 1 is 1.38 bits per heavy atom. The van der Waals surface area contributed by atoms with E-state index in [9.17, 15) is 9.90 Å². The van der Waals surface area contributed by atoms with Crippen LogP contribution in [0.15, 0.2) is 18.2 Å². The summed E-state index contributed by atoms with van der Waals surface area (Å²) < 4.78 is 5.32. The summed E-state index contributed by atoms with van der Waals surface area (Å²) in [6, 6.07) is 6.79. The first kappa shape index (κ1) is 14.4. The number of fused-ring (bicyclic) bond motifs is 1. The third-order valence-electron chi connectivity index (χ3n) is 5.15. The maximum absolute atomic E-state index is 11.3. The molecule has 3 rings (SSSR count). The largest absolute Gasteiger partial charge is 0.497 e. The van der Waals surface area contributed by atoms with E-state index in [1.807, 2.05) is 6.07 Å². The van der Waals surface area contributed by atoms with Crippen molar-refractivity contribution in [1.82, 2.24) is 4.90 Å². The molecule has 1 fully saturated rings. The number of carboxylic acid groups (broad SMARTS) is 1. The molecular weight excluding hydrogens is 266 g/mol. The number of carbonyl (C=O) groups is 1. The van der Waals surface area contributed by atoms with Gasteiger partial charge in [0.1, 0.15) is 5.75 Å². The fourth-order valence-electron chi connectivity index (χ4n) is 3.97. The molecule has 1 aromatic rings. The molecule has 0 bridgehead atoms. The normalized spacial score (nSPS) is 29.1. The number of aryl methyl sites for hydroxylation is 1. The van der Waals surface area contributed by atoms with Gasteiger partial charge in [0.05, 0.1) is 13.0 Å². The Balaban J connectivity index is 1.87. The van der Waals surface area contributed by atoms with E-state index in [0.717, 1.165) is 38.0 Å². The summed E-state index contributed by atoms with van der Waals surface area (Å²) in [4.78, 5) is 13.7. The molecular formula is C17H23NO3. The van der Waals surface area contributed by atoms with E-state index in [-0.39, 0.29) is 12.0 Å². The average Bonchev–Trinajstić information content (AvgIpc) is 2.87. The van der Waals surface area contributed by atoms with Gasteiger partial charge in [-0.3, -0.25) is 9.69 Å². The second-order valence-corrected chi connectivity index (χ2v) is 6.18. The van der Waals surface area contributed by atoms with Gasteiger partial charge in [-0.1, -0.05) is 6.07 Å². The zero-order chi connectivity index (χ0) is 15.0. The average molecular weight is 289 g/mol. The molecule has 0 radical (unpaired) electrons. The molecule has 4 nitrogen and oxygen atoms in total. The third-order valence-corrected chi connectivity index (χ3v) is 5.15. The molecule has 0 amide bonds. The predicted octanol–water partition coefficient (Wildman–Crippen LogP) is 2.87. The number of benzene rings is 1. The number of nitrogens with zero attached hydrogens (tertiary/aromatic N) is 1. The van der Waals surface area contributed by atoms with Crippen molar-refractivity contribution in [3.63, 3.8) is 0 Å². The molecule has 114 valence electrons. The number of likely N-dealkylation sites (tertiary alicyclic amines) is 1. The lowest BCUT2D eigenvalue weighted by Gasteiger charge is -2.36. The molecule has 3 atom stereocenters. The standard InChI is InChI=1S/C17H23NO3/c1-11-14(17(19)20)8-9-18(11)16-5-3-4-12-10-13(21-2)6-7-15(12)16/h6-7,10-11,14,16H,3-5,8-9H2,1-2H3,(H,19,20). The van der Waals surface area contributed by atoms with Gasteiger partial charge in [-0.15, -0.1) is 0 Å². The Labute approximate surface area is 125 Å². The minimum absolute atomic E-state index is 0.112. The summed E-state index contributed by atoms with van der Waals surface area (Å²) in [5.41, 5.74) is 2.72. The monoisotopic (exact) mass is 289 g/mol. The number of hydrogen-bond donors (Lipinski definition) is 1. The molecule has 21 heavy (non-hydrogen) atoms. The molecule has 0 aromatic heterocycles. The van der Waals surface area contributed by atoms with Gasteiger partial charge in [0.25, 0.3) is 0 Å². The summed E-state index contributed by atoms with van der Waals surface area (Å²) in [6.45, 7) is 2.94. The third kappa shape index (κ3) is 2.53. The molecule has 1 aromatic carbocycles. The lowest BCUT2D eigenvalue weighted by Crippen LogP contribution is -2.37. The summed E-state index contributed by atoms with van der Waals surface area (Å²) in [6.07, 6.45) is 4.13. The van der Waals surface area contributed by atoms with Crippen molar-refractivity contribution < 1.29 is 14.6 Å². The minimum atomic E-state index is -0.657. The van der Waals surface area contributed by atoms with Gasteiger partial charge in [0.2, 0.25) is 0 Å². The van der Waals surface area contributed by atoms with E-state index < -0.39 is 5.97 Å². The van der Waals surface area contributed by atoms with Crippen LogP contribution in [0.2, 0.25) is 0 Å². The molecule has 0 spiro atoms. The Hall–Kier alpha value is -1.55. The van der Waals surface area contributed by atoms with Crippen LogP contribution in [-0.2, 0) is 11.2 Å². The maximum atomic E-state index is 11.3. The van der Waals surface area contributed by atoms with Crippen LogP contribution < -0.4 is 4.74 Å². The summed E-state index contributed by atoms with van der Waals surface area (Å²) in [5, 5.41) is 9.32. The Morgan fingerprint density at radius 2 is 2.19 bits per heavy atom. The number of methoxy groups -OCH3 is 1. The van der Waals surface area contributed by atoms with E-state index >= 15 is 0 Å². The first-order valence-corrected chi connectivity index (χ1v) is 7.77. The molecule has 4 heteroatoms. The van der Waals surface area contributed by atoms with Crippen LogP contribution in [0.5, 0.6) is 5.75 Å². The molecule has 0 saturated carbocycles. The zero-order valence-electron chi connectivity index (χ0n) is 12.7. The number of hydrogen-bond acceptors (Lipinski definition) is 3. The lowest BCUT2D eigenvalue weighted by molar-refractivity contribution is -0.142. The van der Waals surface area contributed by atoms with E-state index in [0.29, 0.717) is 6.04 Å². The van der Waals surface area contributed by atoms with E-state index in [4.69, 9.17) is 4.74 Å². The number of ether oxygens (including phenoxy) is 1. The van der Waals surface area contributed by atoms with Gasteiger partial charge in [-0.25, -0.2) is 0 Å². The van der Waals surface area contributed by atoms with Gasteiger partial charge >= 0.3 is 5.97 Å². The number of aliphatic carboxylic acids is 1. The smallest absolute Gasteiger partial charge is 0.308 e. The van der Waals surface area contributed by atoms with Crippen LogP contribution in [0.1, 0.15) is 43.4 Å². The van der Waals surface area contributed by atoms with Crippen molar-refractivity contribution in [3.05, 3.63) is 29.3 Å². The van der Waals surface area contributed by atoms with Gasteiger partial charge < -0.3 is 9.84 Å². The molecule has 1 heterocycles. The van der Waals surface area contributed by atoms with Crippen LogP contribution in [-0.4, -0.2) is 35.7 Å². The van der Waals surface area contributed by atoms with Crippen molar-refractivity contribution in [2.24, 2.45) is 5.92 Å². The Morgan fingerprint density at radius 3 is 2.86 bits per heavy atom. The van der Waals surface area contributed by atoms with Gasteiger partial charge in [-0.2, -0.15) is 0 Å². The van der Waals surface area contributed by atoms with Gasteiger partial charge in [-0.05, 0) is 62.4 Å². The molecule has 1 aliphatic carbocycles. The fraction of sp³-hybridized carbons (Fsp3) is 0.588. The van der Waals surface area contributed by atoms with Crippen LogP contribution in [0.25, 0.3) is 0 Å². The molecule has 3 unspecified atom stereocenters. The lowest BCUT2D eigenvalue weighted by atomic mass is 9.86. The minimum Gasteiger partial charge on any atom is -0.497 e. The Kier molecular flexibility index (Phi) is 3.89. The van der Waals surface area contributed by atoms with Crippen LogP contribution >= 0.6 is 0 Å². The molecule has 1 N–H and O–H groups in total. The van der Waals surface area contributed by atoms with Crippen LogP contribution in [0.3, 0.4) is 0 Å². The van der Waals surface area contributed by atoms with Crippen molar-refractivity contribution in [2.75, 3.05) is 13.7 Å². The van der Waals surface area contributed by atoms with Gasteiger partial charge in [0, 0.05) is 12.1 Å². The van der Waals surface area contributed by atoms with E-state index in [2.05, 4.69) is 24.0 Å². The topological polar surface area (TPSA) is 49.8 Å². The van der Waals surface area contributed by atoms with Crippen LogP contribution in [0, 0.1) is 5.92 Å². The van der Waals surface area contributed by atoms with Crippen LogP contribution in [0.4, 0.5) is 0 Å². The highest BCUT2D eigenvalue weighted by Crippen LogP contribution is 2.40. The SMILES string of the molecule is COc1ccc2c(c1)CCCC2N1CCC(C(=O)O)C1C. The first-order chi connectivity index (χ1) is 10.1.